The molecular weight excluding hydrogens is 753 g/mol. The molecule has 20 heteroatoms. The number of hydrogen-bond acceptors (Lipinski definition) is 12. The molecule has 19 nitrogen and oxygen atoms in total. The number of nitrogens with one attached hydrogen (secondary N) is 3. The van der Waals surface area contributed by atoms with Crippen LogP contribution in [0, 0.1) is 5.92 Å². The number of urea groups is 1. The summed E-state index contributed by atoms with van der Waals surface area (Å²) in [6, 6.07) is -0.279. The van der Waals surface area contributed by atoms with Gasteiger partial charge in [-0.15, -0.1) is 0 Å². The van der Waals surface area contributed by atoms with Crippen LogP contribution in [-0.2, 0) is 28.8 Å². The maximum absolute atomic E-state index is 12.9. The van der Waals surface area contributed by atoms with E-state index in [1.165, 1.54) is 4.90 Å². The van der Waals surface area contributed by atoms with Gasteiger partial charge in [-0.05, 0) is 50.9 Å². The van der Waals surface area contributed by atoms with E-state index in [4.69, 9.17) is 0 Å². The van der Waals surface area contributed by atoms with Crippen LogP contribution in [0.25, 0.3) is 0 Å². The van der Waals surface area contributed by atoms with Crippen LogP contribution < -0.4 is 16.0 Å². The molecule has 4 atom stereocenters. The molecule has 0 bridgehead atoms. The molecule has 0 aromatic heterocycles. The van der Waals surface area contributed by atoms with Crippen molar-refractivity contribution in [2.24, 2.45) is 5.92 Å². The largest absolute Gasteiger partial charge is 0.480 e. The second-order valence-corrected chi connectivity index (χ2v) is 16.9. The molecule has 316 valence electrons. The molecule has 3 aliphatic heterocycles. The summed E-state index contributed by atoms with van der Waals surface area (Å²) in [5.74, 6) is -3.51. The lowest BCUT2D eigenvalue weighted by Crippen LogP contribution is -2.53. The van der Waals surface area contributed by atoms with E-state index >= 15 is 0 Å². The van der Waals surface area contributed by atoms with Gasteiger partial charge in [0.25, 0.3) is 0 Å². The zero-order chi connectivity index (χ0) is 40.8. The SMILES string of the molecule is CN(CC(=O)NC1CCC(CC2CN(CC(=O)O)CCN(CC(=O)O)CCN(CC(=O)O)CCN2CC(=O)O)CC1)C(=O)CCCCC1SCC2NC(=O)NC21. The highest BCUT2D eigenvalue weighted by Crippen LogP contribution is 2.33. The van der Waals surface area contributed by atoms with Gasteiger partial charge in [-0.3, -0.25) is 48.4 Å². The molecule has 0 aromatic carbocycles. The van der Waals surface area contributed by atoms with E-state index in [1.54, 1.807) is 26.6 Å². The molecule has 4 fully saturated rings. The lowest BCUT2D eigenvalue weighted by molar-refractivity contribution is -0.142. The fraction of sp³-hybridized carbons (Fsp3) is 0.806. The number of amides is 4. The molecule has 3 heterocycles. The Morgan fingerprint density at radius 1 is 0.768 bits per heavy atom. The number of hydrogen-bond donors (Lipinski definition) is 7. The Kier molecular flexibility index (Phi) is 17.9. The van der Waals surface area contributed by atoms with Gasteiger partial charge >= 0.3 is 29.9 Å². The van der Waals surface area contributed by atoms with Gasteiger partial charge in [-0.2, -0.15) is 11.8 Å². The second-order valence-electron chi connectivity index (χ2n) is 15.6. The van der Waals surface area contributed by atoms with Gasteiger partial charge in [0.2, 0.25) is 11.8 Å². The molecule has 4 amide bonds. The summed E-state index contributed by atoms with van der Waals surface area (Å²) in [6.45, 7) is 0.381. The van der Waals surface area contributed by atoms with Crippen LogP contribution in [0.5, 0.6) is 0 Å². The molecule has 4 aliphatic rings. The molecule has 0 radical (unpaired) electrons. The van der Waals surface area contributed by atoms with Crippen molar-refractivity contribution in [2.45, 2.75) is 87.2 Å². The van der Waals surface area contributed by atoms with Crippen LogP contribution in [0.3, 0.4) is 0 Å². The molecule has 1 aliphatic carbocycles. The Bertz CT molecular complexity index is 1390. The molecule has 1 saturated carbocycles. The van der Waals surface area contributed by atoms with Gasteiger partial charge in [-0.25, -0.2) is 4.79 Å². The first-order valence-corrected chi connectivity index (χ1v) is 20.7. The Balaban J connectivity index is 1.28. The van der Waals surface area contributed by atoms with Crippen molar-refractivity contribution in [2.75, 3.05) is 91.3 Å². The van der Waals surface area contributed by atoms with Crippen molar-refractivity contribution in [3.63, 3.8) is 0 Å². The molecule has 56 heavy (non-hydrogen) atoms. The van der Waals surface area contributed by atoms with Gasteiger partial charge in [0.15, 0.2) is 0 Å². The van der Waals surface area contributed by atoms with E-state index in [0.29, 0.717) is 37.4 Å². The third-order valence-corrected chi connectivity index (χ3v) is 12.8. The highest BCUT2D eigenvalue weighted by atomic mass is 32.2. The summed E-state index contributed by atoms with van der Waals surface area (Å²) in [5.41, 5.74) is 0. The van der Waals surface area contributed by atoms with Gasteiger partial charge in [-0.1, -0.05) is 6.42 Å². The number of carbonyl (C=O) groups is 7. The minimum atomic E-state index is -1.06. The summed E-state index contributed by atoms with van der Waals surface area (Å²) < 4.78 is 0. The summed E-state index contributed by atoms with van der Waals surface area (Å²) in [4.78, 5) is 92.8. The van der Waals surface area contributed by atoms with Crippen molar-refractivity contribution in [3.05, 3.63) is 0 Å². The number of unbranched alkanes of at least 4 members (excludes halogenated alkanes) is 1. The second kappa shape index (κ2) is 22.3. The monoisotopic (exact) mass is 812 g/mol. The minimum Gasteiger partial charge on any atom is -0.480 e. The summed E-state index contributed by atoms with van der Waals surface area (Å²) in [6.07, 6.45) is 6.23. The fourth-order valence-electron chi connectivity index (χ4n) is 8.35. The average molecular weight is 813 g/mol. The molecule has 4 unspecified atom stereocenters. The van der Waals surface area contributed by atoms with E-state index in [-0.39, 0.29) is 126 Å². The lowest BCUT2D eigenvalue weighted by atomic mass is 9.82. The third kappa shape index (κ3) is 15.3. The number of fused-ring (bicyclic) bond motifs is 1. The smallest absolute Gasteiger partial charge is 0.317 e. The Morgan fingerprint density at radius 2 is 1.34 bits per heavy atom. The Hall–Kier alpha value is -3.72. The number of rotatable bonds is 18. The van der Waals surface area contributed by atoms with Crippen molar-refractivity contribution in [1.29, 1.82) is 0 Å². The van der Waals surface area contributed by atoms with Crippen LogP contribution in [0.2, 0.25) is 0 Å². The van der Waals surface area contributed by atoms with Crippen LogP contribution >= 0.6 is 11.8 Å². The lowest BCUT2D eigenvalue weighted by Gasteiger charge is -2.40. The van der Waals surface area contributed by atoms with Crippen LogP contribution in [-0.4, -0.2) is 207 Å². The third-order valence-electron chi connectivity index (χ3n) is 11.3. The van der Waals surface area contributed by atoms with Crippen molar-refractivity contribution in [3.8, 4) is 0 Å². The minimum absolute atomic E-state index is 0.0485. The number of likely N-dealkylation sites (N-methyl/N-ethyl adjacent to an activating group) is 1. The topological polar surface area (TPSA) is 253 Å². The maximum Gasteiger partial charge on any atom is 0.317 e. The normalized spacial score (nSPS) is 27.2. The zero-order valence-electron chi connectivity index (χ0n) is 32.3. The number of carboxylic acid groups (broad SMARTS) is 4. The number of nitrogens with zero attached hydrogens (tertiary/aromatic N) is 5. The van der Waals surface area contributed by atoms with Crippen LogP contribution in [0.15, 0.2) is 0 Å². The molecule has 4 rings (SSSR count). The summed E-state index contributed by atoms with van der Waals surface area (Å²) in [5, 5.41) is 47.9. The maximum atomic E-state index is 12.9. The highest BCUT2D eigenvalue weighted by molar-refractivity contribution is 8.00. The highest BCUT2D eigenvalue weighted by Gasteiger charge is 2.42. The predicted octanol–water partition coefficient (Wildman–Crippen LogP) is -0.836. The van der Waals surface area contributed by atoms with Gasteiger partial charge in [0.05, 0.1) is 44.8 Å². The van der Waals surface area contributed by atoms with Crippen molar-refractivity contribution >= 4 is 53.5 Å². The standard InChI is InChI=1S/C36H60N8O11S/c1-40(30(46)5-3-2-4-28-35-27(23-56-28)38-36(55)39-35)18-29(45)37-25-8-6-24(7-9-25)16-26-17-43(21-33(51)52)13-12-41(19-31(47)48)10-11-42(20-32(49)50)14-15-44(26)22-34(53)54/h24-28,35H,2-23H2,1H3,(H,37,45)(H,47,48)(H,49,50)(H,51,52)(H,53,54)(H2,38,39,55). The fourth-order valence-corrected chi connectivity index (χ4v) is 9.89. The van der Waals surface area contributed by atoms with Crippen molar-refractivity contribution < 1.29 is 54.0 Å². The summed E-state index contributed by atoms with van der Waals surface area (Å²) >= 11 is 1.84. The van der Waals surface area contributed by atoms with Gasteiger partial charge in [0.1, 0.15) is 0 Å². The van der Waals surface area contributed by atoms with E-state index in [1.807, 2.05) is 11.8 Å². The molecule has 0 spiro atoms. The first-order chi connectivity index (χ1) is 26.6. The first-order valence-electron chi connectivity index (χ1n) is 19.6. The van der Waals surface area contributed by atoms with E-state index < -0.39 is 23.9 Å². The van der Waals surface area contributed by atoms with Crippen molar-refractivity contribution in [1.82, 2.24) is 40.4 Å². The Morgan fingerprint density at radius 3 is 1.95 bits per heavy atom. The quantitative estimate of drug-likeness (QED) is 0.0659. The van der Waals surface area contributed by atoms with Crippen LogP contribution in [0.4, 0.5) is 4.79 Å². The Labute approximate surface area is 331 Å². The van der Waals surface area contributed by atoms with Gasteiger partial charge < -0.3 is 41.3 Å². The number of carbonyl (C=O) groups excluding carboxylic acids is 3. The number of aliphatic carboxylic acids is 4. The molecule has 7 N–H and O–H groups in total. The average Bonchev–Trinajstić information content (AvgIpc) is 3.67. The van der Waals surface area contributed by atoms with E-state index in [9.17, 15) is 54.0 Å². The van der Waals surface area contributed by atoms with Crippen LogP contribution in [0.1, 0.15) is 57.8 Å². The predicted molar refractivity (Wildman–Crippen MR) is 205 cm³/mol. The zero-order valence-corrected chi connectivity index (χ0v) is 33.1. The molecule has 3 saturated heterocycles. The van der Waals surface area contributed by atoms with E-state index in [0.717, 1.165) is 31.4 Å². The molecular formula is C36H60N8O11S. The first kappa shape index (κ1) is 45.0. The molecule has 0 aromatic rings. The summed E-state index contributed by atoms with van der Waals surface area (Å²) in [7, 11) is 1.62. The van der Waals surface area contributed by atoms with E-state index in [2.05, 4.69) is 16.0 Å². The number of thioether (sulfide) groups is 1. The number of carboxylic acids is 4. The van der Waals surface area contributed by atoms with Gasteiger partial charge in [0, 0.05) is 82.4 Å².